The van der Waals surface area contributed by atoms with Crippen LogP contribution in [0.4, 0.5) is 0 Å². The lowest BCUT2D eigenvalue weighted by Gasteiger charge is -2.06. The summed E-state index contributed by atoms with van der Waals surface area (Å²) in [5.74, 6) is 1.06. The molecule has 0 atom stereocenters. The highest BCUT2D eigenvalue weighted by atomic mass is 16.5. The van der Waals surface area contributed by atoms with Crippen molar-refractivity contribution < 1.29 is 9.53 Å². The van der Waals surface area contributed by atoms with Crippen LogP contribution >= 0.6 is 0 Å². The highest BCUT2D eigenvalue weighted by Gasteiger charge is 2.12. The first-order valence-corrected chi connectivity index (χ1v) is 7.20. The predicted octanol–water partition coefficient (Wildman–Crippen LogP) is 2.59. The maximum atomic E-state index is 11.3. The van der Waals surface area contributed by atoms with Crippen LogP contribution < -0.4 is 10.1 Å². The molecule has 3 rings (SSSR count). The van der Waals surface area contributed by atoms with Crippen molar-refractivity contribution in [1.29, 1.82) is 0 Å². The number of aromatic nitrogens is 3. The number of para-hydroxylation sites is 1. The molecule has 1 amide bonds. The number of carbonyl (C=O) groups is 1. The molecular formula is C17H16N4O2. The summed E-state index contributed by atoms with van der Waals surface area (Å²) in [7, 11) is 1.60. The molecule has 0 saturated heterocycles. The first kappa shape index (κ1) is 14.8. The van der Waals surface area contributed by atoms with E-state index in [1.165, 1.54) is 12.4 Å². The van der Waals surface area contributed by atoms with Crippen molar-refractivity contribution in [3.8, 4) is 11.6 Å². The SMILES string of the molecule is CNC(=O)/C=C/Cc1c[nH]c2ncnc(Oc3ccccc3)c12. The van der Waals surface area contributed by atoms with Crippen LogP contribution in [-0.2, 0) is 11.2 Å². The lowest BCUT2D eigenvalue weighted by Crippen LogP contribution is -2.14. The van der Waals surface area contributed by atoms with E-state index in [4.69, 9.17) is 4.74 Å². The molecule has 0 saturated carbocycles. The number of hydrogen-bond acceptors (Lipinski definition) is 4. The zero-order valence-corrected chi connectivity index (χ0v) is 12.6. The number of carbonyl (C=O) groups excluding carboxylic acids is 1. The van der Waals surface area contributed by atoms with E-state index < -0.39 is 0 Å². The summed E-state index contributed by atoms with van der Waals surface area (Å²) in [5, 5.41) is 3.36. The minimum Gasteiger partial charge on any atom is -0.438 e. The fraction of sp³-hybridized carbons (Fsp3) is 0.118. The van der Waals surface area contributed by atoms with Crippen LogP contribution in [0.25, 0.3) is 11.0 Å². The minimum absolute atomic E-state index is 0.137. The van der Waals surface area contributed by atoms with E-state index in [1.54, 1.807) is 13.1 Å². The smallest absolute Gasteiger partial charge is 0.243 e. The molecule has 6 nitrogen and oxygen atoms in total. The van der Waals surface area contributed by atoms with Gasteiger partial charge in [0, 0.05) is 13.2 Å². The molecule has 0 aliphatic carbocycles. The van der Waals surface area contributed by atoms with Gasteiger partial charge in [-0.3, -0.25) is 4.79 Å². The fourth-order valence-corrected chi connectivity index (χ4v) is 2.21. The Morgan fingerprint density at radius 1 is 1.30 bits per heavy atom. The first-order chi connectivity index (χ1) is 11.3. The number of hydrogen-bond donors (Lipinski definition) is 2. The average molecular weight is 308 g/mol. The number of likely N-dealkylation sites (N-methyl/N-ethyl adjacent to an activating group) is 1. The number of ether oxygens (including phenoxy) is 1. The Bertz CT molecular complexity index is 840. The Morgan fingerprint density at radius 2 is 2.13 bits per heavy atom. The number of nitrogens with zero attached hydrogens (tertiary/aromatic N) is 2. The van der Waals surface area contributed by atoms with Gasteiger partial charge >= 0.3 is 0 Å². The van der Waals surface area contributed by atoms with Gasteiger partial charge in [0.25, 0.3) is 0 Å². The van der Waals surface area contributed by atoms with Gasteiger partial charge in [-0.05, 0) is 30.2 Å². The lowest BCUT2D eigenvalue weighted by molar-refractivity contribution is -0.116. The third-order valence-corrected chi connectivity index (χ3v) is 3.33. The molecule has 0 fully saturated rings. The molecule has 2 aromatic heterocycles. The molecular weight excluding hydrogens is 292 g/mol. The summed E-state index contributed by atoms with van der Waals surface area (Å²) in [4.78, 5) is 22.8. The normalized spacial score (nSPS) is 11.0. The van der Waals surface area contributed by atoms with Gasteiger partial charge in [0.1, 0.15) is 17.7 Å². The predicted molar refractivity (Wildman–Crippen MR) is 87.3 cm³/mol. The van der Waals surface area contributed by atoms with Crippen molar-refractivity contribution in [2.75, 3.05) is 7.05 Å². The topological polar surface area (TPSA) is 79.9 Å². The first-order valence-electron chi connectivity index (χ1n) is 7.20. The third-order valence-electron chi connectivity index (χ3n) is 3.33. The number of benzene rings is 1. The van der Waals surface area contributed by atoms with E-state index >= 15 is 0 Å². The number of aromatic amines is 1. The summed E-state index contributed by atoms with van der Waals surface area (Å²) in [5.41, 5.74) is 1.67. The van der Waals surface area contributed by atoms with Crippen molar-refractivity contribution in [3.63, 3.8) is 0 Å². The van der Waals surface area contributed by atoms with Gasteiger partial charge in [-0.1, -0.05) is 24.3 Å². The second kappa shape index (κ2) is 6.74. The Labute approximate surface area is 133 Å². The molecule has 0 bridgehead atoms. The molecule has 6 heteroatoms. The van der Waals surface area contributed by atoms with Crippen molar-refractivity contribution in [3.05, 3.63) is 60.6 Å². The molecule has 116 valence electrons. The number of allylic oxidation sites excluding steroid dienone is 1. The molecule has 0 radical (unpaired) electrons. The van der Waals surface area contributed by atoms with E-state index in [2.05, 4.69) is 20.3 Å². The van der Waals surface area contributed by atoms with Gasteiger partial charge < -0.3 is 15.0 Å². The van der Waals surface area contributed by atoms with Crippen molar-refractivity contribution >= 4 is 16.9 Å². The monoisotopic (exact) mass is 308 g/mol. The van der Waals surface area contributed by atoms with E-state index in [0.717, 1.165) is 10.9 Å². The quantitative estimate of drug-likeness (QED) is 0.710. The summed E-state index contributed by atoms with van der Waals surface area (Å²) >= 11 is 0. The molecule has 3 aromatic rings. The second-order valence-electron chi connectivity index (χ2n) is 4.85. The van der Waals surface area contributed by atoms with Crippen molar-refractivity contribution in [1.82, 2.24) is 20.3 Å². The van der Waals surface area contributed by atoms with Gasteiger partial charge in [0.15, 0.2) is 0 Å². The lowest BCUT2D eigenvalue weighted by atomic mass is 10.1. The van der Waals surface area contributed by atoms with Crippen LogP contribution in [0, 0.1) is 0 Å². The van der Waals surface area contributed by atoms with E-state index in [1.807, 2.05) is 36.5 Å². The number of amides is 1. The Balaban J connectivity index is 1.91. The van der Waals surface area contributed by atoms with Gasteiger partial charge in [0.2, 0.25) is 11.8 Å². The fourth-order valence-electron chi connectivity index (χ4n) is 2.21. The Hall–Kier alpha value is -3.15. The van der Waals surface area contributed by atoms with Crippen molar-refractivity contribution in [2.45, 2.75) is 6.42 Å². The molecule has 23 heavy (non-hydrogen) atoms. The molecule has 0 aliphatic rings. The largest absolute Gasteiger partial charge is 0.438 e. The Kier molecular flexibility index (Phi) is 4.33. The van der Waals surface area contributed by atoms with Crippen LogP contribution in [0.5, 0.6) is 11.6 Å². The molecule has 0 spiro atoms. The van der Waals surface area contributed by atoms with E-state index in [0.29, 0.717) is 23.7 Å². The Morgan fingerprint density at radius 3 is 2.91 bits per heavy atom. The van der Waals surface area contributed by atoms with Crippen LogP contribution in [-0.4, -0.2) is 27.9 Å². The highest BCUT2D eigenvalue weighted by Crippen LogP contribution is 2.29. The maximum absolute atomic E-state index is 11.3. The number of H-pyrrole nitrogens is 1. The summed E-state index contributed by atoms with van der Waals surface area (Å²) < 4.78 is 5.86. The zero-order chi connectivity index (χ0) is 16.1. The number of rotatable bonds is 5. The third kappa shape index (κ3) is 3.37. The van der Waals surface area contributed by atoms with Crippen molar-refractivity contribution in [2.24, 2.45) is 0 Å². The van der Waals surface area contributed by atoms with Crippen LogP contribution in [0.15, 0.2) is 55.0 Å². The standard InChI is InChI=1S/C17H16N4O2/c1-18-14(22)9-5-6-12-10-19-16-15(12)17(21-11-20-16)23-13-7-3-2-4-8-13/h2-5,7-11H,6H2,1H3,(H,18,22)(H,19,20,21)/b9-5+. The summed E-state index contributed by atoms with van der Waals surface area (Å²) in [6.07, 6.45) is 7.18. The second-order valence-corrected chi connectivity index (χ2v) is 4.85. The molecule has 1 aromatic carbocycles. The van der Waals surface area contributed by atoms with Crippen LogP contribution in [0.2, 0.25) is 0 Å². The molecule has 0 aliphatic heterocycles. The van der Waals surface area contributed by atoms with Gasteiger partial charge in [-0.2, -0.15) is 0 Å². The summed E-state index contributed by atoms with van der Waals surface area (Å²) in [6.45, 7) is 0. The average Bonchev–Trinajstić information content (AvgIpc) is 3.00. The molecule has 2 N–H and O–H groups in total. The zero-order valence-electron chi connectivity index (χ0n) is 12.6. The maximum Gasteiger partial charge on any atom is 0.243 e. The van der Waals surface area contributed by atoms with Crippen LogP contribution in [0.1, 0.15) is 5.56 Å². The van der Waals surface area contributed by atoms with Gasteiger partial charge in [-0.15, -0.1) is 0 Å². The van der Waals surface area contributed by atoms with Crippen LogP contribution in [0.3, 0.4) is 0 Å². The molecule has 2 heterocycles. The minimum atomic E-state index is -0.137. The van der Waals surface area contributed by atoms with Gasteiger partial charge in [-0.25, -0.2) is 9.97 Å². The van der Waals surface area contributed by atoms with E-state index in [9.17, 15) is 4.79 Å². The number of fused-ring (bicyclic) bond motifs is 1. The number of nitrogens with one attached hydrogen (secondary N) is 2. The van der Waals surface area contributed by atoms with E-state index in [-0.39, 0.29) is 5.91 Å². The highest BCUT2D eigenvalue weighted by molar-refractivity contribution is 5.88. The molecule has 0 unspecified atom stereocenters. The van der Waals surface area contributed by atoms with Gasteiger partial charge in [0.05, 0.1) is 5.39 Å². The summed E-state index contributed by atoms with van der Waals surface area (Å²) in [6, 6.07) is 9.46.